The molecular formula is C13H15ClN2O3S. The van der Waals surface area contributed by atoms with Gasteiger partial charge in [0.05, 0.1) is 4.92 Å². The lowest BCUT2D eigenvalue weighted by Gasteiger charge is -2.40. The number of benzene rings is 1. The van der Waals surface area contributed by atoms with E-state index in [0.717, 1.165) is 12.8 Å². The number of nitro benzene ring substituents is 1. The van der Waals surface area contributed by atoms with Crippen molar-refractivity contribution in [3.05, 3.63) is 38.9 Å². The molecule has 1 aliphatic carbocycles. The summed E-state index contributed by atoms with van der Waals surface area (Å²) >= 11 is 7.49. The van der Waals surface area contributed by atoms with Gasteiger partial charge >= 0.3 is 0 Å². The Morgan fingerprint density at radius 2 is 2.25 bits per heavy atom. The van der Waals surface area contributed by atoms with Crippen LogP contribution in [0.15, 0.2) is 18.2 Å². The number of hydrogen-bond donors (Lipinski definition) is 1. The molecule has 108 valence electrons. The third-order valence-corrected chi connectivity index (χ3v) is 5.41. The van der Waals surface area contributed by atoms with Gasteiger partial charge in [-0.25, -0.2) is 0 Å². The average Bonchev–Trinajstić information content (AvgIpc) is 2.38. The van der Waals surface area contributed by atoms with E-state index in [1.807, 2.05) is 6.26 Å². The van der Waals surface area contributed by atoms with Crippen LogP contribution < -0.4 is 5.32 Å². The maximum absolute atomic E-state index is 12.0. The molecule has 5 nitrogen and oxygen atoms in total. The number of rotatable bonds is 5. The summed E-state index contributed by atoms with van der Waals surface area (Å²) < 4.78 is 0.133. The molecule has 1 aromatic rings. The maximum Gasteiger partial charge on any atom is 0.288 e. The van der Waals surface area contributed by atoms with E-state index in [2.05, 4.69) is 5.32 Å². The summed E-state index contributed by atoms with van der Waals surface area (Å²) in [7, 11) is 0. The molecule has 0 saturated heterocycles. The highest BCUT2D eigenvalue weighted by Gasteiger charge is 2.36. The van der Waals surface area contributed by atoms with Crippen molar-refractivity contribution >= 4 is 35.0 Å². The fraction of sp³-hybridized carbons (Fsp3) is 0.462. The van der Waals surface area contributed by atoms with E-state index in [1.54, 1.807) is 11.8 Å². The van der Waals surface area contributed by atoms with Gasteiger partial charge in [0.15, 0.2) is 0 Å². The molecule has 7 heteroatoms. The largest absolute Gasteiger partial charge is 0.351 e. The van der Waals surface area contributed by atoms with Gasteiger partial charge in [-0.2, -0.15) is 11.8 Å². The molecule has 1 amide bonds. The molecule has 0 radical (unpaired) electrons. The number of nitrogens with one attached hydrogen (secondary N) is 1. The van der Waals surface area contributed by atoms with Crippen LogP contribution in [0.4, 0.5) is 5.69 Å². The van der Waals surface area contributed by atoms with Gasteiger partial charge in [0.25, 0.3) is 11.6 Å². The van der Waals surface area contributed by atoms with Crippen molar-refractivity contribution in [2.45, 2.75) is 24.0 Å². The Bertz CT molecular complexity index is 541. The van der Waals surface area contributed by atoms with Gasteiger partial charge in [0.2, 0.25) is 0 Å². The first-order chi connectivity index (χ1) is 9.47. The van der Waals surface area contributed by atoms with Crippen LogP contribution in [0.2, 0.25) is 5.02 Å². The number of carbonyl (C=O) groups is 1. The van der Waals surface area contributed by atoms with Crippen LogP contribution in [0.1, 0.15) is 29.6 Å². The number of carbonyl (C=O) groups excluding carboxylic acids is 1. The molecule has 2 rings (SSSR count). The molecule has 0 aromatic heterocycles. The molecule has 0 bridgehead atoms. The second-order valence-corrected chi connectivity index (χ2v) is 6.53. The van der Waals surface area contributed by atoms with Gasteiger partial charge in [0, 0.05) is 22.9 Å². The third kappa shape index (κ3) is 3.07. The first-order valence-corrected chi connectivity index (χ1v) is 7.85. The van der Waals surface area contributed by atoms with Crippen molar-refractivity contribution < 1.29 is 9.72 Å². The average molecular weight is 315 g/mol. The Balaban J connectivity index is 2.06. The topological polar surface area (TPSA) is 72.2 Å². The van der Waals surface area contributed by atoms with E-state index in [0.29, 0.717) is 6.54 Å². The molecule has 1 aromatic carbocycles. The molecular weight excluding hydrogens is 300 g/mol. The molecule has 1 fully saturated rings. The Kier molecular flexibility index (Phi) is 4.55. The van der Waals surface area contributed by atoms with E-state index in [4.69, 9.17) is 11.6 Å². The van der Waals surface area contributed by atoms with Crippen LogP contribution in [0.25, 0.3) is 0 Å². The van der Waals surface area contributed by atoms with Crippen LogP contribution in [0.3, 0.4) is 0 Å². The van der Waals surface area contributed by atoms with Gasteiger partial charge < -0.3 is 5.32 Å². The smallest absolute Gasteiger partial charge is 0.288 e. The number of halogens is 1. The Morgan fingerprint density at radius 3 is 2.75 bits per heavy atom. The Hall–Kier alpha value is -1.27. The predicted molar refractivity (Wildman–Crippen MR) is 80.5 cm³/mol. The van der Waals surface area contributed by atoms with Crippen molar-refractivity contribution in [1.29, 1.82) is 0 Å². The second kappa shape index (κ2) is 6.01. The Labute approximate surface area is 126 Å². The molecule has 20 heavy (non-hydrogen) atoms. The molecule has 0 spiro atoms. The zero-order chi connectivity index (χ0) is 14.8. The van der Waals surface area contributed by atoms with Crippen LogP contribution in [0, 0.1) is 10.1 Å². The van der Waals surface area contributed by atoms with Crippen LogP contribution in [-0.4, -0.2) is 28.4 Å². The molecule has 1 saturated carbocycles. The molecule has 1 N–H and O–H groups in total. The molecule has 1 aliphatic rings. The van der Waals surface area contributed by atoms with Crippen molar-refractivity contribution in [3.8, 4) is 0 Å². The quantitative estimate of drug-likeness (QED) is 0.669. The van der Waals surface area contributed by atoms with Gasteiger partial charge in [-0.15, -0.1) is 0 Å². The summed E-state index contributed by atoms with van der Waals surface area (Å²) in [5, 5.41) is 13.7. The predicted octanol–water partition coefficient (Wildman–Crippen LogP) is 3.26. The van der Waals surface area contributed by atoms with Crippen molar-refractivity contribution in [3.63, 3.8) is 0 Å². The summed E-state index contributed by atoms with van der Waals surface area (Å²) in [6, 6.07) is 4.09. The lowest BCUT2D eigenvalue weighted by atomic mass is 9.84. The van der Waals surface area contributed by atoms with Crippen molar-refractivity contribution in [1.82, 2.24) is 5.32 Å². The number of amides is 1. The standard InChI is InChI=1S/C13H15ClN2O3S/c1-20-13(5-2-6-13)8-15-12(17)9-3-4-10(14)11(7-9)16(18)19/h3-4,7H,2,5-6,8H2,1H3,(H,15,17). The fourth-order valence-corrected chi connectivity index (χ4v) is 3.26. The molecule has 0 atom stereocenters. The highest BCUT2D eigenvalue weighted by atomic mass is 35.5. The highest BCUT2D eigenvalue weighted by molar-refractivity contribution is 8.00. The first kappa shape index (κ1) is 15.1. The van der Waals surface area contributed by atoms with Crippen LogP contribution in [0.5, 0.6) is 0 Å². The second-order valence-electron chi connectivity index (χ2n) is 4.85. The van der Waals surface area contributed by atoms with Gasteiger partial charge in [-0.05, 0) is 31.2 Å². The summed E-state index contributed by atoms with van der Waals surface area (Å²) in [6.45, 7) is 0.587. The van der Waals surface area contributed by atoms with Gasteiger partial charge in [0.1, 0.15) is 5.02 Å². The van der Waals surface area contributed by atoms with E-state index < -0.39 is 4.92 Å². The maximum atomic E-state index is 12.0. The minimum absolute atomic E-state index is 0.0335. The number of nitrogens with zero attached hydrogens (tertiary/aromatic N) is 1. The molecule has 0 unspecified atom stereocenters. The number of hydrogen-bond acceptors (Lipinski definition) is 4. The number of thioether (sulfide) groups is 1. The monoisotopic (exact) mass is 314 g/mol. The summed E-state index contributed by atoms with van der Waals surface area (Å²) in [5.41, 5.74) is 0.0132. The lowest BCUT2D eigenvalue weighted by Crippen LogP contribution is -2.45. The highest BCUT2D eigenvalue weighted by Crippen LogP contribution is 2.42. The Morgan fingerprint density at radius 1 is 1.55 bits per heavy atom. The summed E-state index contributed by atoms with van der Waals surface area (Å²) in [6.07, 6.45) is 5.41. The zero-order valence-electron chi connectivity index (χ0n) is 11.0. The normalized spacial score (nSPS) is 16.3. The lowest BCUT2D eigenvalue weighted by molar-refractivity contribution is -0.384. The van der Waals surface area contributed by atoms with E-state index >= 15 is 0 Å². The van der Waals surface area contributed by atoms with E-state index in [9.17, 15) is 14.9 Å². The van der Waals surface area contributed by atoms with Crippen LogP contribution in [-0.2, 0) is 0 Å². The minimum Gasteiger partial charge on any atom is -0.351 e. The summed E-state index contributed by atoms with van der Waals surface area (Å²) in [5.74, 6) is -0.301. The van der Waals surface area contributed by atoms with Crippen LogP contribution >= 0.6 is 23.4 Å². The van der Waals surface area contributed by atoms with Gasteiger partial charge in [-0.1, -0.05) is 18.0 Å². The van der Waals surface area contributed by atoms with Crippen molar-refractivity contribution in [2.24, 2.45) is 0 Å². The first-order valence-electron chi connectivity index (χ1n) is 6.25. The van der Waals surface area contributed by atoms with E-state index in [-0.39, 0.29) is 26.9 Å². The SMILES string of the molecule is CSC1(CNC(=O)c2ccc(Cl)c([N+](=O)[O-])c2)CCC1. The van der Waals surface area contributed by atoms with Crippen molar-refractivity contribution in [2.75, 3.05) is 12.8 Å². The molecule has 0 heterocycles. The summed E-state index contributed by atoms with van der Waals surface area (Å²) in [4.78, 5) is 22.3. The minimum atomic E-state index is -0.589. The third-order valence-electron chi connectivity index (χ3n) is 3.67. The number of nitro groups is 1. The fourth-order valence-electron chi connectivity index (χ4n) is 2.16. The zero-order valence-corrected chi connectivity index (χ0v) is 12.6. The van der Waals surface area contributed by atoms with E-state index in [1.165, 1.54) is 24.6 Å². The van der Waals surface area contributed by atoms with Gasteiger partial charge in [-0.3, -0.25) is 14.9 Å². The molecule has 0 aliphatic heterocycles.